The molecule has 1 amide bonds. The van der Waals surface area contributed by atoms with Crippen LogP contribution in [-0.2, 0) is 10.8 Å². The second kappa shape index (κ2) is 8.02. The smallest absolute Gasteiger partial charge is 0.409 e. The van der Waals surface area contributed by atoms with Crippen molar-refractivity contribution in [3.8, 4) is 0 Å². The minimum atomic E-state index is -2.99. The van der Waals surface area contributed by atoms with Crippen LogP contribution in [0.1, 0.15) is 43.7 Å². The van der Waals surface area contributed by atoms with Gasteiger partial charge in [0.15, 0.2) is 7.85 Å². The van der Waals surface area contributed by atoms with Gasteiger partial charge in [-0.15, -0.1) is 0 Å². The van der Waals surface area contributed by atoms with E-state index in [2.05, 4.69) is 10.00 Å². The minimum absolute atomic E-state index is 0.0850. The highest BCUT2D eigenvalue weighted by Crippen LogP contribution is 2.51. The first-order valence-electron chi connectivity index (χ1n) is 10.6. The van der Waals surface area contributed by atoms with E-state index in [1.807, 2.05) is 0 Å². The molecule has 1 saturated carbocycles. The van der Waals surface area contributed by atoms with E-state index in [-0.39, 0.29) is 11.3 Å². The monoisotopic (exact) mass is 436 g/mol. The Morgan fingerprint density at radius 2 is 1.87 bits per heavy atom. The summed E-state index contributed by atoms with van der Waals surface area (Å²) in [6.07, 6.45) is 2.40. The zero-order valence-corrected chi connectivity index (χ0v) is 17.3. The molecule has 0 unspecified atom stereocenters. The van der Waals surface area contributed by atoms with Crippen molar-refractivity contribution in [1.29, 1.82) is 0 Å². The largest absolute Gasteiger partial charge is 0.445 e. The summed E-state index contributed by atoms with van der Waals surface area (Å²) in [5.74, 6) is 0.0862. The standard InChI is InChI=1S/C19H29BN4O7/c20-18(26,27)12-31-16(25)23-8-4-17(11-23)9-14(10-17)22-6-2-13(3-7-22)15-1-5-21-24(15)19(28,29)30/h1,5,13-14,26-30H,2-4,6-12H2. The van der Waals surface area contributed by atoms with Crippen LogP contribution in [-0.4, -0.2) is 104 Å². The second-order valence-corrected chi connectivity index (χ2v) is 9.24. The summed E-state index contributed by atoms with van der Waals surface area (Å²) in [4.78, 5) is 16.1. The molecule has 3 heterocycles. The predicted molar refractivity (Wildman–Crippen MR) is 106 cm³/mol. The predicted octanol–water partition coefficient (Wildman–Crippen LogP) is -1.59. The van der Waals surface area contributed by atoms with Crippen molar-refractivity contribution in [2.45, 2.75) is 55.8 Å². The number of aromatic nitrogens is 2. The van der Waals surface area contributed by atoms with Crippen molar-refractivity contribution in [2.75, 3.05) is 32.8 Å². The number of carbonyl (C=O) groups excluding carboxylic acids is 1. The Morgan fingerprint density at radius 3 is 2.48 bits per heavy atom. The Kier molecular flexibility index (Phi) is 5.82. The fourth-order valence-electron chi connectivity index (χ4n) is 5.32. The molecule has 4 rings (SSSR count). The fourth-order valence-corrected chi connectivity index (χ4v) is 5.32. The average molecular weight is 436 g/mol. The highest BCUT2D eigenvalue weighted by atomic mass is 16.7. The van der Waals surface area contributed by atoms with E-state index in [4.69, 9.17) is 22.8 Å². The summed E-state index contributed by atoms with van der Waals surface area (Å²) in [5.41, 5.74) is -1.83. The van der Waals surface area contributed by atoms with Gasteiger partial charge in [-0.05, 0) is 56.7 Å². The van der Waals surface area contributed by atoms with Crippen LogP contribution in [0.4, 0.5) is 4.79 Å². The van der Waals surface area contributed by atoms with E-state index in [0.717, 1.165) is 49.9 Å². The van der Waals surface area contributed by atoms with Crippen LogP contribution in [0, 0.1) is 5.41 Å². The molecule has 11 nitrogen and oxygen atoms in total. The molecule has 0 bridgehead atoms. The van der Waals surface area contributed by atoms with Crippen molar-refractivity contribution in [3.05, 3.63) is 18.0 Å². The molecular formula is C19H29BN4O7. The number of aliphatic hydroxyl groups is 5. The SMILES string of the molecule is [B]C(O)(O)COC(=O)N1CCC2(CC(N3CCC(c4ccnn4C(O)(O)O)CC3)C2)C1. The molecular weight excluding hydrogens is 407 g/mol. The van der Waals surface area contributed by atoms with Crippen molar-refractivity contribution in [2.24, 2.45) is 5.41 Å². The van der Waals surface area contributed by atoms with E-state index in [9.17, 15) is 20.1 Å². The van der Waals surface area contributed by atoms with Crippen molar-refractivity contribution >= 4 is 13.9 Å². The number of hydrogen-bond donors (Lipinski definition) is 5. The number of likely N-dealkylation sites (tertiary alicyclic amines) is 2. The maximum absolute atomic E-state index is 12.1. The highest BCUT2D eigenvalue weighted by molar-refractivity contribution is 6.13. The molecule has 1 aromatic rings. The van der Waals surface area contributed by atoms with Gasteiger partial charge in [0, 0.05) is 36.9 Å². The summed E-state index contributed by atoms with van der Waals surface area (Å²) in [5, 5.41) is 50.3. The van der Waals surface area contributed by atoms with Gasteiger partial charge in [-0.1, -0.05) is 0 Å². The Balaban J connectivity index is 1.24. The number of carbonyl (C=O) groups is 1. The van der Waals surface area contributed by atoms with Gasteiger partial charge in [-0.2, -0.15) is 9.78 Å². The van der Waals surface area contributed by atoms with Gasteiger partial charge in [0.05, 0.1) is 0 Å². The third-order valence-electron chi connectivity index (χ3n) is 6.86. The van der Waals surface area contributed by atoms with Crippen molar-refractivity contribution < 1.29 is 35.1 Å². The number of ether oxygens (including phenoxy) is 1. The van der Waals surface area contributed by atoms with Crippen LogP contribution in [0.5, 0.6) is 0 Å². The summed E-state index contributed by atoms with van der Waals surface area (Å²) < 4.78 is 5.71. The molecule has 0 atom stereocenters. The third kappa shape index (κ3) is 4.89. The average Bonchev–Trinajstić information content (AvgIpc) is 3.32. The first kappa shape index (κ1) is 22.5. The second-order valence-electron chi connectivity index (χ2n) is 9.24. The fraction of sp³-hybridized carbons (Fsp3) is 0.789. The number of piperidine rings is 1. The molecule has 3 aliphatic rings. The van der Waals surface area contributed by atoms with Gasteiger partial charge < -0.3 is 40.1 Å². The highest BCUT2D eigenvalue weighted by Gasteiger charge is 2.51. The molecule has 1 aliphatic carbocycles. The van der Waals surface area contributed by atoms with Crippen LogP contribution < -0.4 is 0 Å². The Labute approximate surface area is 181 Å². The number of hydrogen-bond acceptors (Lipinski definition) is 9. The van der Waals surface area contributed by atoms with Crippen molar-refractivity contribution in [3.63, 3.8) is 0 Å². The van der Waals surface area contributed by atoms with Crippen LogP contribution in [0.15, 0.2) is 12.3 Å². The first-order valence-corrected chi connectivity index (χ1v) is 10.6. The molecule has 0 aromatic carbocycles. The summed E-state index contributed by atoms with van der Waals surface area (Å²) in [6.45, 7) is 2.23. The van der Waals surface area contributed by atoms with Gasteiger partial charge in [-0.25, -0.2) is 4.79 Å². The van der Waals surface area contributed by atoms with Gasteiger partial charge in [0.25, 0.3) is 0 Å². The molecule has 1 spiro atoms. The number of amides is 1. The number of nitrogens with zero attached hydrogens (tertiary/aromatic N) is 4. The van der Waals surface area contributed by atoms with E-state index in [1.54, 1.807) is 11.0 Å². The van der Waals surface area contributed by atoms with Crippen LogP contribution in [0.2, 0.25) is 0 Å². The lowest BCUT2D eigenvalue weighted by Crippen LogP contribution is -2.54. The lowest BCUT2D eigenvalue weighted by molar-refractivity contribution is -0.382. The minimum Gasteiger partial charge on any atom is -0.445 e. The first-order chi connectivity index (χ1) is 14.5. The van der Waals surface area contributed by atoms with E-state index < -0.39 is 24.5 Å². The third-order valence-corrected chi connectivity index (χ3v) is 6.86. The zero-order valence-electron chi connectivity index (χ0n) is 17.3. The molecule has 2 radical (unpaired) electrons. The van der Waals surface area contributed by atoms with Crippen LogP contribution >= 0.6 is 0 Å². The van der Waals surface area contributed by atoms with Crippen LogP contribution in [0.25, 0.3) is 0 Å². The van der Waals surface area contributed by atoms with E-state index in [1.165, 1.54) is 6.20 Å². The molecule has 2 aliphatic heterocycles. The lowest BCUT2D eigenvalue weighted by atomic mass is 9.64. The molecule has 5 N–H and O–H groups in total. The Bertz CT molecular complexity index is 792. The van der Waals surface area contributed by atoms with E-state index in [0.29, 0.717) is 24.8 Å². The Hall–Kier alpha value is -1.70. The maximum atomic E-state index is 12.1. The number of rotatable bonds is 5. The van der Waals surface area contributed by atoms with Gasteiger partial charge >= 0.3 is 12.2 Å². The normalized spacial score (nSPS) is 28.2. The quantitative estimate of drug-likeness (QED) is 0.272. The van der Waals surface area contributed by atoms with Gasteiger partial charge in [0.2, 0.25) is 0 Å². The van der Waals surface area contributed by atoms with Crippen LogP contribution in [0.3, 0.4) is 0 Å². The Morgan fingerprint density at radius 1 is 1.19 bits per heavy atom. The van der Waals surface area contributed by atoms with Gasteiger partial charge in [-0.3, -0.25) is 0 Å². The van der Waals surface area contributed by atoms with Crippen molar-refractivity contribution in [1.82, 2.24) is 19.6 Å². The topological polar surface area (TPSA) is 152 Å². The summed E-state index contributed by atoms with van der Waals surface area (Å²) in [6, 6.07) is 2.14. The van der Waals surface area contributed by atoms with Gasteiger partial charge in [0.1, 0.15) is 12.3 Å². The molecule has 2 saturated heterocycles. The molecule has 3 fully saturated rings. The summed E-state index contributed by atoms with van der Waals surface area (Å²) >= 11 is 0. The maximum Gasteiger partial charge on any atom is 0.409 e. The van der Waals surface area contributed by atoms with E-state index >= 15 is 0 Å². The molecule has 170 valence electrons. The molecule has 31 heavy (non-hydrogen) atoms. The summed E-state index contributed by atoms with van der Waals surface area (Å²) in [7, 11) is 5.01. The molecule has 12 heteroatoms. The molecule has 1 aromatic heterocycles. The zero-order chi connectivity index (χ0) is 22.4. The lowest BCUT2D eigenvalue weighted by Gasteiger charge is -2.51.